The number of nitrogens with zero attached hydrogens (tertiary/aromatic N) is 1. The first-order valence-electron chi connectivity index (χ1n) is 8.44. The normalized spacial score (nSPS) is 16.3. The Balaban J connectivity index is 1.69. The predicted molar refractivity (Wildman–Crippen MR) is 95.3 cm³/mol. The molecule has 0 N–H and O–H groups in total. The molecule has 0 radical (unpaired) electrons. The number of esters is 1. The molecule has 0 spiro atoms. The van der Waals surface area contributed by atoms with E-state index in [-0.39, 0.29) is 5.97 Å². The first-order chi connectivity index (χ1) is 12.2. The molecule has 0 aromatic heterocycles. The van der Waals surface area contributed by atoms with E-state index in [1.54, 1.807) is 0 Å². The van der Waals surface area contributed by atoms with Gasteiger partial charge in [-0.25, -0.2) is 9.79 Å². The molecule has 0 saturated heterocycles. The molecule has 0 bridgehead atoms. The lowest BCUT2D eigenvalue weighted by atomic mass is 10.1. The molecule has 0 fully saturated rings. The molecular formula is C20H21NO4. The Bertz CT molecular complexity index is 750. The summed E-state index contributed by atoms with van der Waals surface area (Å²) in [6.45, 7) is 5.12. The van der Waals surface area contributed by atoms with Crippen LogP contribution in [0, 0.1) is 0 Å². The SMILES string of the molecule is CCOc1ccc(C[C@@H]2N=C(c3ccc(OCC)cc3)OC2=O)cc1. The van der Waals surface area contributed by atoms with Gasteiger partial charge in [0.15, 0.2) is 6.04 Å². The van der Waals surface area contributed by atoms with Crippen molar-refractivity contribution >= 4 is 11.9 Å². The van der Waals surface area contributed by atoms with Crippen LogP contribution in [0.1, 0.15) is 25.0 Å². The smallest absolute Gasteiger partial charge is 0.338 e. The van der Waals surface area contributed by atoms with Crippen LogP contribution in [0.3, 0.4) is 0 Å². The van der Waals surface area contributed by atoms with E-state index in [4.69, 9.17) is 14.2 Å². The lowest BCUT2D eigenvalue weighted by Gasteiger charge is -2.06. The number of carbonyl (C=O) groups is 1. The van der Waals surface area contributed by atoms with E-state index in [1.165, 1.54) is 0 Å². The van der Waals surface area contributed by atoms with Crippen molar-refractivity contribution in [1.29, 1.82) is 0 Å². The molecule has 2 aromatic carbocycles. The maximum absolute atomic E-state index is 12.1. The van der Waals surface area contributed by atoms with Crippen LogP contribution in [0.15, 0.2) is 53.5 Å². The summed E-state index contributed by atoms with van der Waals surface area (Å²) >= 11 is 0. The predicted octanol–water partition coefficient (Wildman–Crippen LogP) is 3.40. The molecule has 1 heterocycles. The van der Waals surface area contributed by atoms with Crippen LogP contribution in [0.25, 0.3) is 0 Å². The summed E-state index contributed by atoms with van der Waals surface area (Å²) in [6, 6.07) is 14.5. The molecular weight excluding hydrogens is 318 g/mol. The van der Waals surface area contributed by atoms with Gasteiger partial charge in [-0.2, -0.15) is 0 Å². The van der Waals surface area contributed by atoms with Gasteiger partial charge in [0.2, 0.25) is 5.90 Å². The second-order valence-electron chi connectivity index (χ2n) is 5.61. The molecule has 25 heavy (non-hydrogen) atoms. The average Bonchev–Trinajstić information content (AvgIpc) is 2.98. The van der Waals surface area contributed by atoms with Gasteiger partial charge in [0, 0.05) is 12.0 Å². The van der Waals surface area contributed by atoms with Crippen molar-refractivity contribution in [1.82, 2.24) is 0 Å². The lowest BCUT2D eigenvalue weighted by molar-refractivity contribution is -0.134. The van der Waals surface area contributed by atoms with Crippen LogP contribution in [-0.2, 0) is 16.0 Å². The minimum atomic E-state index is -0.514. The summed E-state index contributed by atoms with van der Waals surface area (Å²) in [4.78, 5) is 16.6. The number of carbonyl (C=O) groups excluding carboxylic acids is 1. The zero-order chi connectivity index (χ0) is 17.6. The average molecular weight is 339 g/mol. The molecule has 1 atom stereocenters. The first kappa shape index (κ1) is 17.0. The largest absolute Gasteiger partial charge is 0.494 e. The van der Waals surface area contributed by atoms with Crippen LogP contribution >= 0.6 is 0 Å². The Labute approximate surface area is 147 Å². The molecule has 0 unspecified atom stereocenters. The Hall–Kier alpha value is -2.82. The fourth-order valence-corrected chi connectivity index (χ4v) is 2.62. The van der Waals surface area contributed by atoms with E-state index >= 15 is 0 Å². The molecule has 130 valence electrons. The maximum atomic E-state index is 12.1. The molecule has 0 saturated carbocycles. The number of ether oxygens (including phenoxy) is 3. The minimum Gasteiger partial charge on any atom is -0.494 e. The van der Waals surface area contributed by atoms with Gasteiger partial charge in [0.1, 0.15) is 11.5 Å². The Morgan fingerprint density at radius 1 is 0.920 bits per heavy atom. The standard InChI is InChI=1S/C20H21NO4/c1-3-23-16-9-5-14(6-10-16)13-18-20(22)25-19(21-18)15-7-11-17(12-8-15)24-4-2/h5-12,18H,3-4,13H2,1-2H3/t18-/m0/s1. The van der Waals surface area contributed by atoms with Gasteiger partial charge >= 0.3 is 5.97 Å². The monoisotopic (exact) mass is 339 g/mol. The highest BCUT2D eigenvalue weighted by Gasteiger charge is 2.29. The highest BCUT2D eigenvalue weighted by molar-refractivity contribution is 6.06. The number of benzene rings is 2. The van der Waals surface area contributed by atoms with E-state index < -0.39 is 6.04 Å². The van der Waals surface area contributed by atoms with Gasteiger partial charge in [-0.1, -0.05) is 12.1 Å². The summed E-state index contributed by atoms with van der Waals surface area (Å²) < 4.78 is 16.2. The van der Waals surface area contributed by atoms with E-state index in [0.717, 1.165) is 22.6 Å². The van der Waals surface area contributed by atoms with Crippen LogP contribution in [0.4, 0.5) is 0 Å². The van der Waals surface area contributed by atoms with Crippen molar-refractivity contribution in [2.24, 2.45) is 4.99 Å². The van der Waals surface area contributed by atoms with Crippen molar-refractivity contribution in [3.63, 3.8) is 0 Å². The Morgan fingerprint density at radius 3 is 2.04 bits per heavy atom. The van der Waals surface area contributed by atoms with E-state index in [1.807, 2.05) is 62.4 Å². The fraction of sp³-hybridized carbons (Fsp3) is 0.300. The minimum absolute atomic E-state index is 0.322. The Morgan fingerprint density at radius 2 is 1.48 bits per heavy atom. The topological polar surface area (TPSA) is 57.1 Å². The fourth-order valence-electron chi connectivity index (χ4n) is 2.62. The zero-order valence-corrected chi connectivity index (χ0v) is 14.4. The second kappa shape index (κ2) is 7.83. The highest BCUT2D eigenvalue weighted by atomic mass is 16.6. The third kappa shape index (κ3) is 4.18. The van der Waals surface area contributed by atoms with E-state index in [0.29, 0.717) is 25.5 Å². The maximum Gasteiger partial charge on any atom is 0.338 e. The van der Waals surface area contributed by atoms with Crippen molar-refractivity contribution in [2.75, 3.05) is 13.2 Å². The summed E-state index contributed by atoms with van der Waals surface area (Å²) in [5.41, 5.74) is 1.79. The first-order valence-corrected chi connectivity index (χ1v) is 8.44. The number of hydrogen-bond donors (Lipinski definition) is 0. The Kier molecular flexibility index (Phi) is 5.33. The second-order valence-corrected chi connectivity index (χ2v) is 5.61. The van der Waals surface area contributed by atoms with Gasteiger partial charge in [0.05, 0.1) is 13.2 Å². The van der Waals surface area contributed by atoms with Crippen LogP contribution < -0.4 is 9.47 Å². The van der Waals surface area contributed by atoms with Crippen LogP contribution in [0.2, 0.25) is 0 Å². The number of rotatable bonds is 7. The lowest BCUT2D eigenvalue weighted by Crippen LogP contribution is -2.17. The summed E-state index contributed by atoms with van der Waals surface area (Å²) in [5.74, 6) is 1.64. The highest BCUT2D eigenvalue weighted by Crippen LogP contribution is 2.20. The van der Waals surface area contributed by atoms with E-state index in [9.17, 15) is 4.79 Å². The summed E-state index contributed by atoms with van der Waals surface area (Å²) in [6.07, 6.45) is 0.506. The van der Waals surface area contributed by atoms with Crippen molar-refractivity contribution in [3.05, 3.63) is 59.7 Å². The molecule has 3 rings (SSSR count). The molecule has 1 aliphatic heterocycles. The molecule has 0 amide bonds. The van der Waals surface area contributed by atoms with Crippen molar-refractivity contribution in [2.45, 2.75) is 26.3 Å². The number of hydrogen-bond acceptors (Lipinski definition) is 5. The molecule has 5 nitrogen and oxygen atoms in total. The molecule has 2 aromatic rings. The summed E-state index contributed by atoms with van der Waals surface area (Å²) in [5, 5.41) is 0. The number of aliphatic imine (C=N–C) groups is 1. The number of cyclic esters (lactones) is 1. The molecule has 1 aliphatic rings. The molecule has 0 aliphatic carbocycles. The zero-order valence-electron chi connectivity index (χ0n) is 14.4. The van der Waals surface area contributed by atoms with Gasteiger partial charge in [-0.15, -0.1) is 0 Å². The third-order valence-corrected chi connectivity index (χ3v) is 3.82. The van der Waals surface area contributed by atoms with E-state index in [2.05, 4.69) is 4.99 Å². The quantitative estimate of drug-likeness (QED) is 0.726. The van der Waals surface area contributed by atoms with Crippen LogP contribution in [0.5, 0.6) is 11.5 Å². The third-order valence-electron chi connectivity index (χ3n) is 3.82. The van der Waals surface area contributed by atoms with Gasteiger partial charge in [-0.05, 0) is 55.8 Å². The van der Waals surface area contributed by atoms with Crippen molar-refractivity contribution in [3.8, 4) is 11.5 Å². The molecule has 5 heteroatoms. The van der Waals surface area contributed by atoms with Crippen LogP contribution in [-0.4, -0.2) is 31.1 Å². The van der Waals surface area contributed by atoms with Gasteiger partial charge < -0.3 is 14.2 Å². The summed E-state index contributed by atoms with van der Waals surface area (Å²) in [7, 11) is 0. The van der Waals surface area contributed by atoms with Gasteiger partial charge in [-0.3, -0.25) is 0 Å². The van der Waals surface area contributed by atoms with Crippen molar-refractivity contribution < 1.29 is 19.0 Å². The van der Waals surface area contributed by atoms with Gasteiger partial charge in [0.25, 0.3) is 0 Å².